The first kappa shape index (κ1) is 13.5. The first-order valence-corrected chi connectivity index (χ1v) is 7.58. The Kier molecular flexibility index (Phi) is 3.39. The molecule has 2 aliphatic rings. The number of ether oxygens (including phenoxy) is 3. The van der Waals surface area contributed by atoms with Crippen molar-refractivity contribution in [1.29, 1.82) is 0 Å². The van der Waals surface area contributed by atoms with E-state index in [0.717, 1.165) is 43.3 Å². The van der Waals surface area contributed by atoms with E-state index in [1.54, 1.807) is 7.11 Å². The molecule has 0 bridgehead atoms. The number of fused-ring (bicyclic) bond motifs is 2. The van der Waals surface area contributed by atoms with Gasteiger partial charge in [0.15, 0.2) is 11.5 Å². The van der Waals surface area contributed by atoms with E-state index in [4.69, 9.17) is 14.2 Å². The number of rotatable bonds is 3. The minimum Gasteiger partial charge on any atom is -0.497 e. The Morgan fingerprint density at radius 2 is 1.77 bits per heavy atom. The van der Waals surface area contributed by atoms with Crippen molar-refractivity contribution in [2.75, 3.05) is 20.4 Å². The van der Waals surface area contributed by atoms with Gasteiger partial charge in [0.1, 0.15) is 5.75 Å². The molecule has 4 rings (SSSR count). The molecule has 0 saturated heterocycles. The zero-order chi connectivity index (χ0) is 14.9. The van der Waals surface area contributed by atoms with Gasteiger partial charge in [-0.2, -0.15) is 0 Å². The summed E-state index contributed by atoms with van der Waals surface area (Å²) in [5.41, 5.74) is 4.05. The lowest BCUT2D eigenvalue weighted by molar-refractivity contribution is 0.174. The monoisotopic (exact) mass is 297 g/mol. The molecule has 0 atom stereocenters. The molecule has 0 aliphatic carbocycles. The molecule has 2 aliphatic heterocycles. The highest BCUT2D eigenvalue weighted by Gasteiger charge is 2.22. The third-order valence-corrected chi connectivity index (χ3v) is 4.35. The quantitative estimate of drug-likeness (QED) is 0.871. The van der Waals surface area contributed by atoms with E-state index >= 15 is 0 Å². The van der Waals surface area contributed by atoms with Crippen LogP contribution in [-0.2, 0) is 19.5 Å². The summed E-state index contributed by atoms with van der Waals surface area (Å²) in [6.45, 7) is 3.32. The van der Waals surface area contributed by atoms with Crippen LogP contribution in [0, 0.1) is 0 Å². The Labute approximate surface area is 130 Å². The maximum atomic E-state index is 5.49. The van der Waals surface area contributed by atoms with Gasteiger partial charge in [0, 0.05) is 19.6 Å². The fourth-order valence-electron chi connectivity index (χ4n) is 3.13. The highest BCUT2D eigenvalue weighted by atomic mass is 16.7. The standard InChI is InChI=1S/C18H19NO3/c1-20-16-4-2-13(3-5-16)10-19-7-6-14-8-17-18(22-12-21-17)9-15(14)11-19/h2-5,8-9H,6-7,10-12H2,1H3. The van der Waals surface area contributed by atoms with Crippen molar-refractivity contribution in [3.05, 3.63) is 53.1 Å². The highest BCUT2D eigenvalue weighted by Crippen LogP contribution is 2.36. The highest BCUT2D eigenvalue weighted by molar-refractivity contribution is 5.49. The van der Waals surface area contributed by atoms with Crippen LogP contribution in [0.15, 0.2) is 36.4 Å². The van der Waals surface area contributed by atoms with Crippen LogP contribution < -0.4 is 14.2 Å². The van der Waals surface area contributed by atoms with E-state index in [0.29, 0.717) is 6.79 Å². The minimum atomic E-state index is 0.341. The van der Waals surface area contributed by atoms with Crippen LogP contribution in [-0.4, -0.2) is 25.3 Å². The van der Waals surface area contributed by atoms with Crippen LogP contribution >= 0.6 is 0 Å². The summed E-state index contributed by atoms with van der Waals surface area (Å²) in [6, 6.07) is 12.6. The zero-order valence-electron chi connectivity index (χ0n) is 12.7. The average Bonchev–Trinajstić information content (AvgIpc) is 3.00. The smallest absolute Gasteiger partial charge is 0.231 e. The second kappa shape index (κ2) is 5.54. The zero-order valence-corrected chi connectivity index (χ0v) is 12.7. The van der Waals surface area contributed by atoms with E-state index in [9.17, 15) is 0 Å². The molecular formula is C18H19NO3. The van der Waals surface area contributed by atoms with Crippen molar-refractivity contribution >= 4 is 0 Å². The van der Waals surface area contributed by atoms with Gasteiger partial charge < -0.3 is 14.2 Å². The molecule has 0 amide bonds. The molecule has 0 spiro atoms. The third kappa shape index (κ3) is 2.50. The second-order valence-corrected chi connectivity index (χ2v) is 5.78. The van der Waals surface area contributed by atoms with Gasteiger partial charge in [-0.15, -0.1) is 0 Å². The fraction of sp³-hybridized carbons (Fsp3) is 0.333. The Morgan fingerprint density at radius 3 is 2.50 bits per heavy atom. The number of nitrogens with zero attached hydrogens (tertiary/aromatic N) is 1. The van der Waals surface area contributed by atoms with Gasteiger partial charge in [-0.05, 0) is 47.4 Å². The Hall–Kier alpha value is -2.20. The predicted octanol–water partition coefficient (Wildman–Crippen LogP) is 2.98. The lowest BCUT2D eigenvalue weighted by atomic mass is 9.98. The van der Waals surface area contributed by atoms with Crippen molar-refractivity contribution in [1.82, 2.24) is 4.90 Å². The Bertz CT molecular complexity index is 681. The van der Waals surface area contributed by atoms with E-state index < -0.39 is 0 Å². The normalized spacial score (nSPS) is 16.4. The van der Waals surface area contributed by atoms with Gasteiger partial charge in [0.05, 0.1) is 7.11 Å². The van der Waals surface area contributed by atoms with Crippen LogP contribution in [0.4, 0.5) is 0 Å². The van der Waals surface area contributed by atoms with Gasteiger partial charge in [-0.25, -0.2) is 0 Å². The average molecular weight is 297 g/mol. The number of methoxy groups -OCH3 is 1. The summed E-state index contributed by atoms with van der Waals surface area (Å²) in [7, 11) is 1.70. The van der Waals surface area contributed by atoms with Crippen molar-refractivity contribution < 1.29 is 14.2 Å². The van der Waals surface area contributed by atoms with Crippen molar-refractivity contribution in [3.63, 3.8) is 0 Å². The molecule has 22 heavy (non-hydrogen) atoms. The van der Waals surface area contributed by atoms with Gasteiger partial charge in [0.25, 0.3) is 0 Å². The maximum Gasteiger partial charge on any atom is 0.231 e. The van der Waals surface area contributed by atoms with Crippen molar-refractivity contribution in [2.24, 2.45) is 0 Å². The van der Waals surface area contributed by atoms with Crippen LogP contribution in [0.1, 0.15) is 16.7 Å². The third-order valence-electron chi connectivity index (χ3n) is 4.35. The summed E-state index contributed by atoms with van der Waals surface area (Å²) in [6.07, 6.45) is 1.06. The first-order valence-electron chi connectivity index (χ1n) is 7.58. The summed E-state index contributed by atoms with van der Waals surface area (Å²) in [4.78, 5) is 2.46. The van der Waals surface area contributed by atoms with E-state index in [1.807, 2.05) is 12.1 Å². The van der Waals surface area contributed by atoms with Crippen molar-refractivity contribution in [3.8, 4) is 17.2 Å². The lowest BCUT2D eigenvalue weighted by Gasteiger charge is -2.29. The molecule has 0 aromatic heterocycles. The van der Waals surface area contributed by atoms with Gasteiger partial charge in [-0.1, -0.05) is 12.1 Å². The van der Waals surface area contributed by atoms with E-state index in [-0.39, 0.29) is 0 Å². The molecule has 0 radical (unpaired) electrons. The largest absolute Gasteiger partial charge is 0.497 e. The fourth-order valence-corrected chi connectivity index (χ4v) is 3.13. The Balaban J connectivity index is 1.49. The van der Waals surface area contributed by atoms with Gasteiger partial charge in [0.2, 0.25) is 6.79 Å². The van der Waals surface area contributed by atoms with Crippen LogP contribution in [0.5, 0.6) is 17.2 Å². The number of benzene rings is 2. The molecule has 0 saturated carbocycles. The van der Waals surface area contributed by atoms with Crippen LogP contribution in [0.25, 0.3) is 0 Å². The molecule has 2 aromatic carbocycles. The summed E-state index contributed by atoms with van der Waals surface area (Å²) in [5.74, 6) is 2.67. The minimum absolute atomic E-state index is 0.341. The first-order chi connectivity index (χ1) is 10.8. The lowest BCUT2D eigenvalue weighted by Crippen LogP contribution is -2.30. The molecular weight excluding hydrogens is 278 g/mol. The second-order valence-electron chi connectivity index (χ2n) is 5.78. The van der Waals surface area contributed by atoms with Crippen LogP contribution in [0.2, 0.25) is 0 Å². The number of hydrogen-bond donors (Lipinski definition) is 0. The molecule has 0 N–H and O–H groups in total. The van der Waals surface area contributed by atoms with Gasteiger partial charge in [-0.3, -0.25) is 4.90 Å². The summed E-state index contributed by atoms with van der Waals surface area (Å²) < 4.78 is 16.2. The SMILES string of the molecule is COc1ccc(CN2CCc3cc4c(cc3C2)OCO4)cc1. The molecule has 4 nitrogen and oxygen atoms in total. The van der Waals surface area contributed by atoms with E-state index in [1.165, 1.54) is 16.7 Å². The molecule has 4 heteroatoms. The number of hydrogen-bond acceptors (Lipinski definition) is 4. The molecule has 114 valence electrons. The summed E-state index contributed by atoms with van der Waals surface area (Å²) in [5, 5.41) is 0. The van der Waals surface area contributed by atoms with Crippen LogP contribution in [0.3, 0.4) is 0 Å². The topological polar surface area (TPSA) is 30.9 Å². The molecule has 0 fully saturated rings. The molecule has 0 unspecified atom stereocenters. The maximum absolute atomic E-state index is 5.49. The predicted molar refractivity (Wildman–Crippen MR) is 83.4 cm³/mol. The Morgan fingerprint density at radius 1 is 1.05 bits per heavy atom. The molecule has 2 aromatic rings. The summed E-state index contributed by atoms with van der Waals surface area (Å²) >= 11 is 0. The van der Waals surface area contributed by atoms with Gasteiger partial charge >= 0.3 is 0 Å². The molecule has 2 heterocycles. The van der Waals surface area contributed by atoms with E-state index in [2.05, 4.69) is 29.2 Å². The van der Waals surface area contributed by atoms with Crippen molar-refractivity contribution in [2.45, 2.75) is 19.5 Å².